The lowest BCUT2D eigenvalue weighted by Crippen LogP contribution is -2.41. The fourth-order valence-electron chi connectivity index (χ4n) is 1.60. The number of amides is 1. The number of thiophene rings is 1. The van der Waals surface area contributed by atoms with Gasteiger partial charge in [-0.1, -0.05) is 13.8 Å². The third-order valence-electron chi connectivity index (χ3n) is 2.86. The Bertz CT molecular complexity index is 401. The SMILES string of the molecule is CCN(CC(C)(C)CN)C(=O)c1cc(OC)cs1. The summed E-state index contributed by atoms with van der Waals surface area (Å²) in [6, 6.07) is 1.78. The van der Waals surface area contributed by atoms with E-state index >= 15 is 0 Å². The smallest absolute Gasteiger partial charge is 0.264 e. The van der Waals surface area contributed by atoms with E-state index in [2.05, 4.69) is 13.8 Å². The van der Waals surface area contributed by atoms with Gasteiger partial charge in [0.05, 0.1) is 12.0 Å². The molecule has 0 aliphatic heterocycles. The molecule has 0 aliphatic carbocycles. The topological polar surface area (TPSA) is 55.6 Å². The molecule has 1 heterocycles. The third-order valence-corrected chi connectivity index (χ3v) is 3.76. The van der Waals surface area contributed by atoms with Gasteiger partial charge in [-0.25, -0.2) is 0 Å². The molecule has 2 N–H and O–H groups in total. The monoisotopic (exact) mass is 270 g/mol. The Balaban J connectivity index is 2.79. The summed E-state index contributed by atoms with van der Waals surface area (Å²) in [5, 5.41) is 1.84. The number of hydrogen-bond acceptors (Lipinski definition) is 4. The molecule has 1 rings (SSSR count). The van der Waals surface area contributed by atoms with E-state index in [4.69, 9.17) is 10.5 Å². The van der Waals surface area contributed by atoms with Gasteiger partial charge in [0, 0.05) is 24.5 Å². The molecule has 4 nitrogen and oxygen atoms in total. The number of nitrogens with zero attached hydrogens (tertiary/aromatic N) is 1. The van der Waals surface area contributed by atoms with E-state index in [9.17, 15) is 4.79 Å². The van der Waals surface area contributed by atoms with E-state index in [1.165, 1.54) is 11.3 Å². The van der Waals surface area contributed by atoms with Gasteiger partial charge in [-0.3, -0.25) is 4.79 Å². The summed E-state index contributed by atoms with van der Waals surface area (Å²) < 4.78 is 5.10. The summed E-state index contributed by atoms with van der Waals surface area (Å²) in [5.74, 6) is 0.782. The number of methoxy groups -OCH3 is 1. The molecule has 1 aromatic rings. The minimum absolute atomic E-state index is 0.0484. The Morgan fingerprint density at radius 1 is 1.56 bits per heavy atom. The summed E-state index contributed by atoms with van der Waals surface area (Å²) in [6.07, 6.45) is 0. The van der Waals surface area contributed by atoms with Crippen molar-refractivity contribution in [1.29, 1.82) is 0 Å². The van der Waals surface area contributed by atoms with Crippen LogP contribution in [0.4, 0.5) is 0 Å². The van der Waals surface area contributed by atoms with E-state index in [0.29, 0.717) is 24.5 Å². The van der Waals surface area contributed by atoms with E-state index in [0.717, 1.165) is 5.75 Å². The van der Waals surface area contributed by atoms with Crippen LogP contribution in [0.2, 0.25) is 0 Å². The predicted octanol–water partition coefficient (Wildman–Crippen LogP) is 2.20. The molecule has 18 heavy (non-hydrogen) atoms. The van der Waals surface area contributed by atoms with E-state index in [1.807, 2.05) is 17.2 Å². The zero-order valence-corrected chi connectivity index (χ0v) is 12.3. The lowest BCUT2D eigenvalue weighted by atomic mass is 9.93. The van der Waals surface area contributed by atoms with Crippen molar-refractivity contribution >= 4 is 17.2 Å². The molecule has 0 saturated heterocycles. The first-order valence-electron chi connectivity index (χ1n) is 6.05. The van der Waals surface area contributed by atoms with Gasteiger partial charge < -0.3 is 15.4 Å². The average Bonchev–Trinajstić information content (AvgIpc) is 2.84. The Hall–Kier alpha value is -1.07. The van der Waals surface area contributed by atoms with Crippen LogP contribution in [0.5, 0.6) is 5.75 Å². The number of carbonyl (C=O) groups excluding carboxylic acids is 1. The molecule has 102 valence electrons. The molecule has 0 saturated carbocycles. The van der Waals surface area contributed by atoms with Crippen molar-refractivity contribution in [3.05, 3.63) is 16.3 Å². The number of carbonyl (C=O) groups is 1. The highest BCUT2D eigenvalue weighted by atomic mass is 32.1. The first kappa shape index (κ1) is 15.0. The molecule has 1 aromatic heterocycles. The molecule has 0 spiro atoms. The van der Waals surface area contributed by atoms with Crippen molar-refractivity contribution in [2.24, 2.45) is 11.1 Å². The molecule has 0 radical (unpaired) electrons. The summed E-state index contributed by atoms with van der Waals surface area (Å²) in [6.45, 7) is 8.03. The molecule has 0 unspecified atom stereocenters. The fraction of sp³-hybridized carbons (Fsp3) is 0.615. The molecule has 0 atom stereocenters. The van der Waals surface area contributed by atoms with Crippen molar-refractivity contribution in [1.82, 2.24) is 4.90 Å². The summed E-state index contributed by atoms with van der Waals surface area (Å²) in [4.78, 5) is 14.9. The fourth-order valence-corrected chi connectivity index (χ4v) is 2.42. The maximum absolute atomic E-state index is 12.3. The highest BCUT2D eigenvalue weighted by Crippen LogP contribution is 2.24. The van der Waals surface area contributed by atoms with Crippen LogP contribution in [-0.2, 0) is 0 Å². The molecule has 0 aromatic carbocycles. The molecule has 0 bridgehead atoms. The van der Waals surface area contributed by atoms with E-state index < -0.39 is 0 Å². The largest absolute Gasteiger partial charge is 0.496 e. The summed E-state index contributed by atoms with van der Waals surface area (Å²) >= 11 is 1.41. The van der Waals surface area contributed by atoms with Crippen molar-refractivity contribution in [3.63, 3.8) is 0 Å². The number of rotatable bonds is 6. The molecular weight excluding hydrogens is 248 g/mol. The van der Waals surface area contributed by atoms with Crippen LogP contribution in [0.15, 0.2) is 11.4 Å². The normalized spacial score (nSPS) is 11.4. The standard InChI is InChI=1S/C13H22N2O2S/c1-5-15(9-13(2,3)8-14)12(16)11-6-10(17-4)7-18-11/h6-7H,5,8-9,14H2,1-4H3. The highest BCUT2D eigenvalue weighted by molar-refractivity contribution is 7.12. The highest BCUT2D eigenvalue weighted by Gasteiger charge is 2.24. The van der Waals surface area contributed by atoms with Crippen molar-refractivity contribution in [2.45, 2.75) is 20.8 Å². The van der Waals surface area contributed by atoms with E-state index in [-0.39, 0.29) is 11.3 Å². The van der Waals surface area contributed by atoms with Crippen LogP contribution < -0.4 is 10.5 Å². The summed E-state index contributed by atoms with van der Waals surface area (Å²) in [5.41, 5.74) is 5.66. The van der Waals surface area contributed by atoms with Gasteiger partial charge in [-0.05, 0) is 18.9 Å². The number of hydrogen-bond donors (Lipinski definition) is 1. The Morgan fingerprint density at radius 3 is 2.67 bits per heavy atom. The molecule has 0 aliphatic rings. The number of ether oxygens (including phenoxy) is 1. The maximum Gasteiger partial charge on any atom is 0.264 e. The first-order chi connectivity index (χ1) is 8.43. The second-order valence-corrected chi connectivity index (χ2v) is 5.95. The average molecular weight is 270 g/mol. The maximum atomic E-state index is 12.3. The Morgan fingerprint density at radius 2 is 2.22 bits per heavy atom. The zero-order valence-electron chi connectivity index (χ0n) is 11.5. The van der Waals surface area contributed by atoms with E-state index in [1.54, 1.807) is 13.2 Å². The predicted molar refractivity (Wildman–Crippen MR) is 75.3 cm³/mol. The quantitative estimate of drug-likeness (QED) is 0.862. The molecule has 5 heteroatoms. The van der Waals surface area contributed by atoms with Gasteiger partial charge in [0.2, 0.25) is 0 Å². The van der Waals surface area contributed by atoms with Gasteiger partial charge in [0.25, 0.3) is 5.91 Å². The molecule has 0 fully saturated rings. The van der Waals surface area contributed by atoms with Gasteiger partial charge in [0.15, 0.2) is 0 Å². The van der Waals surface area contributed by atoms with Gasteiger partial charge in [-0.15, -0.1) is 11.3 Å². The van der Waals surface area contributed by atoms with Crippen molar-refractivity contribution in [2.75, 3.05) is 26.7 Å². The first-order valence-corrected chi connectivity index (χ1v) is 6.93. The minimum Gasteiger partial charge on any atom is -0.496 e. The van der Waals surface area contributed by atoms with Crippen LogP contribution in [0.25, 0.3) is 0 Å². The lowest BCUT2D eigenvalue weighted by Gasteiger charge is -2.30. The van der Waals surface area contributed by atoms with Crippen LogP contribution in [-0.4, -0.2) is 37.6 Å². The zero-order chi connectivity index (χ0) is 13.8. The number of nitrogens with two attached hydrogens (primary N) is 1. The van der Waals surface area contributed by atoms with Crippen LogP contribution >= 0.6 is 11.3 Å². The molecular formula is C13H22N2O2S. The van der Waals surface area contributed by atoms with Crippen LogP contribution in [0.3, 0.4) is 0 Å². The van der Waals surface area contributed by atoms with Crippen molar-refractivity contribution < 1.29 is 9.53 Å². The molecule has 1 amide bonds. The van der Waals surface area contributed by atoms with Crippen molar-refractivity contribution in [3.8, 4) is 5.75 Å². The second-order valence-electron chi connectivity index (χ2n) is 5.04. The van der Waals surface area contributed by atoms with Gasteiger partial charge in [0.1, 0.15) is 5.75 Å². The summed E-state index contributed by atoms with van der Waals surface area (Å²) in [7, 11) is 1.60. The second kappa shape index (κ2) is 6.20. The van der Waals surface area contributed by atoms with Gasteiger partial charge >= 0.3 is 0 Å². The Kier molecular flexibility index (Phi) is 5.16. The third kappa shape index (κ3) is 3.71. The van der Waals surface area contributed by atoms with Crippen LogP contribution in [0.1, 0.15) is 30.4 Å². The van der Waals surface area contributed by atoms with Crippen LogP contribution in [0, 0.1) is 5.41 Å². The Labute approximate surface area is 113 Å². The lowest BCUT2D eigenvalue weighted by molar-refractivity contribution is 0.0705. The minimum atomic E-state index is -0.0625. The van der Waals surface area contributed by atoms with Gasteiger partial charge in [-0.2, -0.15) is 0 Å².